The fraction of sp³-hybridized carbons (Fsp3) is 0.694. The SMILES string of the molecule is CC(=O)OCC(COC(C)=O)(COC(C)=O)C(=O)OCCOC(=O)OCCCCCCC(=O)OCC(CN(CCN(CC(=O)O)CC(=O)O)CC(=O)O)N(CC(=O)O)CC(=O)O. The van der Waals surface area contributed by atoms with Gasteiger partial charge in [0.1, 0.15) is 39.6 Å². The predicted molar refractivity (Wildman–Crippen MR) is 201 cm³/mol. The van der Waals surface area contributed by atoms with Gasteiger partial charge in [-0.25, -0.2) is 4.79 Å². The first-order valence-corrected chi connectivity index (χ1v) is 18.8. The van der Waals surface area contributed by atoms with Crippen LogP contribution in [0.5, 0.6) is 0 Å². The van der Waals surface area contributed by atoms with Crippen LogP contribution in [0.15, 0.2) is 0 Å². The van der Waals surface area contributed by atoms with Gasteiger partial charge < -0.3 is 58.7 Å². The van der Waals surface area contributed by atoms with Crippen LogP contribution in [0.1, 0.15) is 52.9 Å². The lowest BCUT2D eigenvalue weighted by Crippen LogP contribution is -2.52. The zero-order chi connectivity index (χ0) is 47.3. The zero-order valence-corrected chi connectivity index (χ0v) is 34.6. The predicted octanol–water partition coefficient (Wildman–Crippen LogP) is -1.45. The van der Waals surface area contributed by atoms with Crippen molar-refractivity contribution in [3.8, 4) is 0 Å². The number of ether oxygens (including phenoxy) is 7. The highest BCUT2D eigenvalue weighted by molar-refractivity contribution is 5.79. The second kappa shape index (κ2) is 30.8. The molecule has 0 bridgehead atoms. The molecule has 1 atom stereocenters. The third-order valence-corrected chi connectivity index (χ3v) is 8.03. The molecule has 0 rings (SSSR count). The van der Waals surface area contributed by atoms with E-state index in [0.29, 0.717) is 19.3 Å². The van der Waals surface area contributed by atoms with Crippen molar-refractivity contribution >= 4 is 65.8 Å². The fourth-order valence-electron chi connectivity index (χ4n) is 5.16. The molecule has 0 spiro atoms. The Hall–Kier alpha value is -6.15. The summed E-state index contributed by atoms with van der Waals surface area (Å²) in [6, 6.07) is -1.18. The highest BCUT2D eigenvalue weighted by atomic mass is 16.7. The smallest absolute Gasteiger partial charge is 0.480 e. The van der Waals surface area contributed by atoms with Gasteiger partial charge >= 0.3 is 65.8 Å². The topological polar surface area (TPSA) is 363 Å². The standard InChI is InChI=1S/C36H55N3O23/c1-24(40)60-21-36(22-61-25(2)41,23-62-26(3)42)34(54)56-12-13-58-35(55)57-11-7-5-4-6-8-33(53)59-20-27(39(18-31(49)50)19-32(51)52)14-37(15-28(43)44)9-10-38(16-29(45)46)17-30(47)48/h27H,4-23H2,1-3H3,(H,43,44)(H,45,46)(H,47,48)(H,49,50)(H,51,52). The maximum atomic E-state index is 12.9. The summed E-state index contributed by atoms with van der Waals surface area (Å²) < 4.78 is 34.9. The largest absolute Gasteiger partial charge is 0.508 e. The van der Waals surface area contributed by atoms with E-state index in [2.05, 4.69) is 0 Å². The molecule has 0 aliphatic heterocycles. The average molecular weight is 898 g/mol. The molecule has 0 aromatic rings. The van der Waals surface area contributed by atoms with E-state index in [1.165, 1.54) is 4.90 Å². The van der Waals surface area contributed by atoms with Crippen LogP contribution in [-0.2, 0) is 81.1 Å². The van der Waals surface area contributed by atoms with E-state index in [1.807, 2.05) is 0 Å². The van der Waals surface area contributed by atoms with Crippen LogP contribution >= 0.6 is 0 Å². The van der Waals surface area contributed by atoms with E-state index in [4.69, 9.17) is 43.4 Å². The van der Waals surface area contributed by atoms with Gasteiger partial charge in [-0.1, -0.05) is 12.8 Å². The Labute approximate surface area is 354 Å². The third kappa shape index (κ3) is 28.3. The Morgan fingerprint density at radius 1 is 0.484 bits per heavy atom. The number of carbonyl (C=O) groups is 11. The molecule has 0 aliphatic carbocycles. The lowest BCUT2D eigenvalue weighted by atomic mass is 9.91. The second-order valence-corrected chi connectivity index (χ2v) is 13.5. The van der Waals surface area contributed by atoms with Gasteiger partial charge in [-0.3, -0.25) is 62.6 Å². The molecule has 5 N–H and O–H groups in total. The van der Waals surface area contributed by atoms with Gasteiger partial charge in [0.25, 0.3) is 0 Å². The zero-order valence-electron chi connectivity index (χ0n) is 34.6. The number of esters is 5. The molecule has 0 saturated heterocycles. The van der Waals surface area contributed by atoms with Crippen molar-refractivity contribution in [2.24, 2.45) is 5.41 Å². The summed E-state index contributed by atoms with van der Waals surface area (Å²) >= 11 is 0. The van der Waals surface area contributed by atoms with Gasteiger partial charge in [0.15, 0.2) is 5.41 Å². The average Bonchev–Trinajstić information content (AvgIpc) is 3.14. The Kier molecular flexibility index (Phi) is 27.8. The van der Waals surface area contributed by atoms with Crippen molar-refractivity contribution in [2.75, 3.05) is 98.6 Å². The van der Waals surface area contributed by atoms with Crippen LogP contribution in [-0.4, -0.2) is 211 Å². The van der Waals surface area contributed by atoms with Gasteiger partial charge in [0, 0.05) is 46.8 Å². The van der Waals surface area contributed by atoms with Crippen molar-refractivity contribution in [3.05, 3.63) is 0 Å². The third-order valence-electron chi connectivity index (χ3n) is 8.03. The summed E-state index contributed by atoms with van der Waals surface area (Å²) in [6.45, 7) is -5.03. The molecule has 0 amide bonds. The first-order valence-electron chi connectivity index (χ1n) is 18.8. The van der Waals surface area contributed by atoms with Gasteiger partial charge in [-0.2, -0.15) is 0 Å². The molecule has 62 heavy (non-hydrogen) atoms. The van der Waals surface area contributed by atoms with Crippen molar-refractivity contribution in [1.82, 2.24) is 14.7 Å². The number of rotatable bonds is 35. The number of nitrogens with zero attached hydrogens (tertiary/aromatic N) is 3. The molecule has 0 aliphatic rings. The van der Waals surface area contributed by atoms with Crippen molar-refractivity contribution in [1.29, 1.82) is 0 Å². The first kappa shape index (κ1) is 55.8. The maximum absolute atomic E-state index is 12.9. The Morgan fingerprint density at radius 2 is 0.903 bits per heavy atom. The normalized spacial score (nSPS) is 11.6. The number of carboxylic acid groups (broad SMARTS) is 5. The monoisotopic (exact) mass is 897 g/mol. The number of hydrogen-bond donors (Lipinski definition) is 5. The Bertz CT molecular complexity index is 1460. The van der Waals surface area contributed by atoms with Crippen LogP contribution in [0, 0.1) is 5.41 Å². The maximum Gasteiger partial charge on any atom is 0.508 e. The molecule has 352 valence electrons. The quantitative estimate of drug-likeness (QED) is 0.0276. The van der Waals surface area contributed by atoms with E-state index in [9.17, 15) is 68.1 Å². The summed E-state index contributed by atoms with van der Waals surface area (Å²) in [4.78, 5) is 132. The summed E-state index contributed by atoms with van der Waals surface area (Å²) in [5, 5.41) is 46.5. The van der Waals surface area contributed by atoms with Gasteiger partial charge in [-0.05, 0) is 12.8 Å². The van der Waals surface area contributed by atoms with Crippen LogP contribution in [0.2, 0.25) is 0 Å². The lowest BCUT2D eigenvalue weighted by Gasteiger charge is -2.33. The summed E-state index contributed by atoms with van der Waals surface area (Å²) in [6.07, 6.45) is 0.295. The van der Waals surface area contributed by atoms with Crippen LogP contribution in [0.25, 0.3) is 0 Å². The van der Waals surface area contributed by atoms with E-state index in [1.54, 1.807) is 0 Å². The van der Waals surface area contributed by atoms with Crippen molar-refractivity contribution < 1.29 is 111 Å². The van der Waals surface area contributed by atoms with Crippen LogP contribution in [0.3, 0.4) is 0 Å². The van der Waals surface area contributed by atoms with E-state index < -0.39 is 150 Å². The number of aliphatic carboxylic acids is 5. The van der Waals surface area contributed by atoms with Crippen LogP contribution in [0.4, 0.5) is 4.79 Å². The number of carbonyl (C=O) groups excluding carboxylic acids is 6. The minimum absolute atomic E-state index is 0.0960. The van der Waals surface area contributed by atoms with Crippen molar-refractivity contribution in [2.45, 2.75) is 58.9 Å². The minimum Gasteiger partial charge on any atom is -0.480 e. The molecule has 26 nitrogen and oxygen atoms in total. The molecule has 0 aromatic carbocycles. The highest BCUT2D eigenvalue weighted by Crippen LogP contribution is 2.23. The molecular formula is C36H55N3O23. The van der Waals surface area contributed by atoms with Gasteiger partial charge in [0.2, 0.25) is 0 Å². The number of hydrogen-bond acceptors (Lipinski definition) is 21. The van der Waals surface area contributed by atoms with Crippen molar-refractivity contribution in [3.63, 3.8) is 0 Å². The molecule has 1 unspecified atom stereocenters. The Balaban J connectivity index is 5.08. The lowest BCUT2D eigenvalue weighted by molar-refractivity contribution is -0.179. The summed E-state index contributed by atoms with van der Waals surface area (Å²) in [5.74, 6) is -11.1. The van der Waals surface area contributed by atoms with E-state index >= 15 is 0 Å². The fourth-order valence-corrected chi connectivity index (χ4v) is 5.16. The van der Waals surface area contributed by atoms with Crippen LogP contribution < -0.4 is 0 Å². The minimum atomic E-state index is -1.91. The molecule has 26 heteroatoms. The second-order valence-electron chi connectivity index (χ2n) is 13.5. The Morgan fingerprint density at radius 3 is 1.37 bits per heavy atom. The van der Waals surface area contributed by atoms with E-state index in [-0.39, 0.29) is 39.1 Å². The first-order chi connectivity index (χ1) is 29.0. The molecule has 0 radical (unpaired) electrons. The summed E-state index contributed by atoms with van der Waals surface area (Å²) in [5.41, 5.74) is -1.91. The number of carboxylic acids is 5. The van der Waals surface area contributed by atoms with Gasteiger partial charge in [-0.15, -0.1) is 0 Å². The molecule has 0 heterocycles. The highest BCUT2D eigenvalue weighted by Gasteiger charge is 2.45. The molecule has 0 fully saturated rings. The summed E-state index contributed by atoms with van der Waals surface area (Å²) in [7, 11) is 0. The molecular weight excluding hydrogens is 842 g/mol. The molecule has 0 aromatic heterocycles. The molecule has 0 saturated carbocycles. The number of unbranched alkanes of at least 4 members (excludes halogenated alkanes) is 3. The van der Waals surface area contributed by atoms with Gasteiger partial charge in [0.05, 0.1) is 45.4 Å². The van der Waals surface area contributed by atoms with E-state index in [0.717, 1.165) is 30.6 Å².